The molecule has 116 valence electrons. The van der Waals surface area contributed by atoms with Gasteiger partial charge in [-0.2, -0.15) is 20.2 Å². The Morgan fingerprint density at radius 2 is 2.00 bits per heavy atom. The summed E-state index contributed by atoms with van der Waals surface area (Å²) in [5.41, 5.74) is 9.92. The molecule has 0 saturated carbocycles. The van der Waals surface area contributed by atoms with E-state index in [0.717, 1.165) is 5.75 Å². The highest BCUT2D eigenvalue weighted by Gasteiger charge is 2.21. The van der Waals surface area contributed by atoms with E-state index in [1.165, 1.54) is 0 Å². The van der Waals surface area contributed by atoms with Gasteiger partial charge in [0.15, 0.2) is 4.58 Å². The predicted molar refractivity (Wildman–Crippen MR) is 71.9 cm³/mol. The van der Waals surface area contributed by atoms with E-state index in [1.807, 2.05) is 6.26 Å². The van der Waals surface area contributed by atoms with Gasteiger partial charge >= 0.3 is 5.97 Å². The second-order valence-corrected chi connectivity index (χ2v) is 7.14. The molecule has 0 amide bonds. The van der Waals surface area contributed by atoms with Crippen LogP contribution < -0.4 is 11.5 Å². The Labute approximate surface area is 118 Å². The number of hydrogen-bond donors (Lipinski definition) is 4. The van der Waals surface area contributed by atoms with E-state index in [1.54, 1.807) is 11.8 Å². The van der Waals surface area contributed by atoms with Crippen molar-refractivity contribution in [1.29, 1.82) is 0 Å². The van der Waals surface area contributed by atoms with Crippen molar-refractivity contribution in [1.82, 2.24) is 0 Å². The molecule has 0 aromatic carbocycles. The lowest BCUT2D eigenvalue weighted by atomic mass is 10.2. The third-order valence-corrected chi connectivity index (χ3v) is 5.01. The zero-order chi connectivity index (χ0) is 15.6. The second kappa shape index (κ2) is 10.5. The SMILES string of the molecule is CSCC[C@H](N)C(=O)O.NCC(S(=O)[O-])S(=O)(=O)O. The van der Waals surface area contributed by atoms with Crippen LogP contribution >= 0.6 is 11.8 Å². The van der Waals surface area contributed by atoms with Crippen LogP contribution in [-0.2, 0) is 26.0 Å². The van der Waals surface area contributed by atoms with Crippen LogP contribution in [0, 0.1) is 0 Å². The Kier molecular flexibility index (Phi) is 11.7. The molecule has 12 heteroatoms. The van der Waals surface area contributed by atoms with Gasteiger partial charge in [-0.1, -0.05) is 0 Å². The van der Waals surface area contributed by atoms with Crippen LogP contribution in [0.3, 0.4) is 0 Å². The minimum atomic E-state index is -4.55. The normalized spacial score (nSPS) is 15.8. The molecule has 0 aromatic rings. The summed E-state index contributed by atoms with van der Waals surface area (Å²) < 4.78 is 46.3. The van der Waals surface area contributed by atoms with Crippen LogP contribution in [-0.4, -0.2) is 62.0 Å². The molecule has 0 radical (unpaired) electrons. The molecule has 9 nitrogen and oxygen atoms in total. The van der Waals surface area contributed by atoms with E-state index in [0.29, 0.717) is 6.42 Å². The minimum absolute atomic E-state index is 0.552. The number of nitrogens with two attached hydrogens (primary N) is 2. The van der Waals surface area contributed by atoms with Crippen LogP contribution in [0.2, 0.25) is 0 Å². The third-order valence-electron chi connectivity index (χ3n) is 1.69. The summed E-state index contributed by atoms with van der Waals surface area (Å²) in [5.74, 6) is -0.1000. The molecule has 0 fully saturated rings. The predicted octanol–water partition coefficient (Wildman–Crippen LogP) is -1.81. The van der Waals surface area contributed by atoms with Crippen LogP contribution in [0.1, 0.15) is 6.42 Å². The first-order chi connectivity index (χ1) is 8.57. The molecule has 0 aliphatic carbocycles. The molecule has 3 atom stereocenters. The molecule has 0 aromatic heterocycles. The van der Waals surface area contributed by atoms with E-state index >= 15 is 0 Å². The molecule has 0 aliphatic heterocycles. The second-order valence-electron chi connectivity index (χ2n) is 3.17. The minimum Gasteiger partial charge on any atom is -0.771 e. The first-order valence-corrected chi connectivity index (χ1v) is 8.83. The number of aliphatic carboxylic acids is 1. The topological polar surface area (TPSA) is 184 Å². The average molecular weight is 337 g/mol. The molecule has 0 bridgehead atoms. The van der Waals surface area contributed by atoms with Crippen molar-refractivity contribution in [3.05, 3.63) is 0 Å². The summed E-state index contributed by atoms with van der Waals surface area (Å²) in [7, 11) is -4.55. The van der Waals surface area contributed by atoms with E-state index in [-0.39, 0.29) is 0 Å². The summed E-state index contributed by atoms with van der Waals surface area (Å²) in [5, 5.41) is 8.27. The van der Waals surface area contributed by atoms with Gasteiger partial charge in [-0.25, -0.2) is 0 Å². The fraction of sp³-hybridized carbons (Fsp3) is 0.857. The molecule has 19 heavy (non-hydrogen) atoms. The first kappa shape index (κ1) is 21.1. The lowest BCUT2D eigenvalue weighted by Gasteiger charge is -2.13. The van der Waals surface area contributed by atoms with Crippen molar-refractivity contribution in [2.75, 3.05) is 18.6 Å². The maximum Gasteiger partial charge on any atom is 0.320 e. The van der Waals surface area contributed by atoms with Crippen molar-refractivity contribution in [3.8, 4) is 0 Å². The largest absolute Gasteiger partial charge is 0.771 e. The lowest BCUT2D eigenvalue weighted by Crippen LogP contribution is -2.33. The zero-order valence-electron chi connectivity index (χ0n) is 10.1. The fourth-order valence-electron chi connectivity index (χ4n) is 0.668. The maximum absolute atomic E-state index is 10.1. The van der Waals surface area contributed by atoms with Gasteiger partial charge in [0.25, 0.3) is 10.1 Å². The molecule has 6 N–H and O–H groups in total. The van der Waals surface area contributed by atoms with Crippen LogP contribution in [0.15, 0.2) is 0 Å². The Balaban J connectivity index is 0. The van der Waals surface area contributed by atoms with Gasteiger partial charge in [0.05, 0.1) is 0 Å². The van der Waals surface area contributed by atoms with E-state index in [2.05, 4.69) is 0 Å². The van der Waals surface area contributed by atoms with Gasteiger partial charge in [0.1, 0.15) is 6.04 Å². The molecule has 2 unspecified atom stereocenters. The highest BCUT2D eigenvalue weighted by atomic mass is 32.3. The smallest absolute Gasteiger partial charge is 0.320 e. The van der Waals surface area contributed by atoms with Crippen LogP contribution in [0.5, 0.6) is 0 Å². The highest BCUT2D eigenvalue weighted by molar-refractivity contribution is 8.01. The quantitative estimate of drug-likeness (QED) is 0.305. The molecular weight excluding hydrogens is 320 g/mol. The Bertz CT molecular complexity index is 386. The van der Waals surface area contributed by atoms with E-state index in [9.17, 15) is 22.0 Å². The average Bonchev–Trinajstić information content (AvgIpc) is 2.24. The van der Waals surface area contributed by atoms with Crippen molar-refractivity contribution in [3.63, 3.8) is 0 Å². The summed E-state index contributed by atoms with van der Waals surface area (Å²) >= 11 is -1.28. The number of thioether (sulfide) groups is 1. The lowest BCUT2D eigenvalue weighted by molar-refractivity contribution is -0.138. The van der Waals surface area contributed by atoms with Gasteiger partial charge in [0, 0.05) is 6.54 Å². The number of carbonyl (C=O) groups is 1. The number of carboxylic acids is 1. The number of hydrogen-bond acceptors (Lipinski definition) is 8. The Morgan fingerprint density at radius 1 is 1.53 bits per heavy atom. The first-order valence-electron chi connectivity index (χ1n) is 4.79. The van der Waals surface area contributed by atoms with Crippen LogP contribution in [0.4, 0.5) is 0 Å². The van der Waals surface area contributed by atoms with E-state index in [4.69, 9.17) is 21.1 Å². The Morgan fingerprint density at radius 3 is 2.16 bits per heavy atom. The summed E-state index contributed by atoms with van der Waals surface area (Å²) in [6.07, 6.45) is 2.48. The Hall–Kier alpha value is -0.240. The third kappa shape index (κ3) is 11.3. The van der Waals surface area contributed by atoms with Gasteiger partial charge < -0.3 is 21.1 Å². The molecular formula is C7H17N2O7S3-. The monoisotopic (exact) mass is 337 g/mol. The van der Waals surface area contributed by atoms with Crippen molar-refractivity contribution in [2.45, 2.75) is 17.0 Å². The van der Waals surface area contributed by atoms with Gasteiger partial charge in [0.2, 0.25) is 0 Å². The summed E-state index contributed by atoms with van der Waals surface area (Å²) in [6.45, 7) is -0.644. The molecule has 0 spiro atoms. The molecule has 0 heterocycles. The van der Waals surface area contributed by atoms with Crippen molar-refractivity contribution >= 4 is 38.9 Å². The molecule has 0 aliphatic rings. The number of rotatable bonds is 7. The van der Waals surface area contributed by atoms with Crippen molar-refractivity contribution < 1.29 is 31.6 Å². The van der Waals surface area contributed by atoms with Gasteiger partial charge in [-0.3, -0.25) is 13.6 Å². The van der Waals surface area contributed by atoms with Crippen molar-refractivity contribution in [2.24, 2.45) is 11.5 Å². The fourth-order valence-corrected chi connectivity index (χ4v) is 2.35. The van der Waals surface area contributed by atoms with Gasteiger partial charge in [-0.05, 0) is 29.5 Å². The van der Waals surface area contributed by atoms with Gasteiger partial charge in [-0.15, -0.1) is 0 Å². The van der Waals surface area contributed by atoms with Crippen LogP contribution in [0.25, 0.3) is 0 Å². The zero-order valence-corrected chi connectivity index (χ0v) is 12.5. The summed E-state index contributed by atoms with van der Waals surface area (Å²) in [4.78, 5) is 10.1. The van der Waals surface area contributed by atoms with E-state index < -0.39 is 44.3 Å². The maximum atomic E-state index is 10.1. The molecule has 0 saturated heterocycles. The highest BCUT2D eigenvalue weighted by Crippen LogP contribution is 1.99. The number of carboxylic acid groups (broad SMARTS) is 1. The molecule has 0 rings (SSSR count). The standard InChI is InChI=1S/C5H11NO2S.C2H7NO5S2/c1-9-3-2-4(6)5(7)8;3-1-2(9(4)5)10(6,7)8/h4H,2-3,6H2,1H3,(H,7,8);2H,1,3H2,(H,4,5)(H,6,7,8)/p-1/t4-;/m0./s1. The summed E-state index contributed by atoms with van der Waals surface area (Å²) in [6, 6.07) is -0.683.